The largest absolute Gasteiger partial charge is 0.488 e. The molecule has 0 bridgehead atoms. The van der Waals surface area contributed by atoms with E-state index in [1.54, 1.807) is 36.4 Å². The van der Waals surface area contributed by atoms with Gasteiger partial charge in [0.05, 0.1) is 10.0 Å². The number of hydrogen-bond donors (Lipinski definition) is 1. The molecule has 0 radical (unpaired) electrons. The van der Waals surface area contributed by atoms with Crippen molar-refractivity contribution in [1.29, 1.82) is 0 Å². The van der Waals surface area contributed by atoms with Crippen molar-refractivity contribution in [3.05, 3.63) is 69.2 Å². The molecule has 0 unspecified atom stereocenters. The van der Waals surface area contributed by atoms with E-state index in [-0.39, 0.29) is 17.3 Å². The van der Waals surface area contributed by atoms with Crippen molar-refractivity contribution in [3.8, 4) is 5.75 Å². The smallest absolute Gasteiger partial charge is 0.265 e. The topological polar surface area (TPSA) is 58.6 Å². The first-order valence-corrected chi connectivity index (χ1v) is 9.04. The Morgan fingerprint density at radius 1 is 1.15 bits per heavy atom. The van der Waals surface area contributed by atoms with Gasteiger partial charge in [-0.25, -0.2) is 0 Å². The summed E-state index contributed by atoms with van der Waals surface area (Å²) >= 11 is 16.9. The molecule has 2 aromatic carbocycles. The molecule has 27 heavy (non-hydrogen) atoms. The zero-order chi connectivity index (χ0) is 19.6. The molecule has 0 aliphatic carbocycles. The summed E-state index contributed by atoms with van der Waals surface area (Å²) in [4.78, 5) is 25.7. The van der Waals surface area contributed by atoms with E-state index in [2.05, 4.69) is 5.32 Å². The third-order valence-corrected chi connectivity index (χ3v) is 5.02. The average molecular weight is 421 g/mol. The van der Waals surface area contributed by atoms with Crippen molar-refractivity contribution in [1.82, 2.24) is 10.2 Å². The van der Waals surface area contributed by atoms with Gasteiger partial charge in [-0.05, 0) is 42.1 Å². The van der Waals surface area contributed by atoms with Gasteiger partial charge in [0.25, 0.3) is 11.8 Å². The van der Waals surface area contributed by atoms with Gasteiger partial charge in [-0.3, -0.25) is 19.8 Å². The van der Waals surface area contributed by atoms with Crippen molar-refractivity contribution in [2.45, 2.75) is 6.61 Å². The van der Waals surface area contributed by atoms with Crippen LogP contribution in [0.3, 0.4) is 0 Å². The monoisotopic (exact) mass is 420 g/mol. The molecule has 0 aromatic heterocycles. The van der Waals surface area contributed by atoms with Gasteiger partial charge in [-0.15, -0.1) is 0 Å². The van der Waals surface area contributed by atoms with Crippen LogP contribution in [0, 0.1) is 0 Å². The minimum absolute atomic E-state index is 0.0170. The molecule has 3 rings (SSSR count). The van der Waals surface area contributed by atoms with Crippen molar-refractivity contribution < 1.29 is 14.3 Å². The lowest BCUT2D eigenvalue weighted by atomic mass is 10.1. The van der Waals surface area contributed by atoms with Gasteiger partial charge in [0.2, 0.25) is 0 Å². The zero-order valence-electron chi connectivity index (χ0n) is 14.2. The Morgan fingerprint density at radius 3 is 2.63 bits per heavy atom. The lowest BCUT2D eigenvalue weighted by molar-refractivity contribution is -0.128. The molecule has 2 aromatic rings. The number of amides is 2. The van der Waals surface area contributed by atoms with Gasteiger partial charge in [0, 0.05) is 12.6 Å². The summed E-state index contributed by atoms with van der Waals surface area (Å²) < 4.78 is 5.85. The fourth-order valence-corrected chi connectivity index (χ4v) is 2.92. The Kier molecular flexibility index (Phi) is 5.79. The van der Waals surface area contributed by atoms with E-state index >= 15 is 0 Å². The summed E-state index contributed by atoms with van der Waals surface area (Å²) in [7, 11) is 1.50. The predicted molar refractivity (Wildman–Crippen MR) is 109 cm³/mol. The number of carbonyl (C=O) groups excluding carboxylic acids is 2. The summed E-state index contributed by atoms with van der Waals surface area (Å²) in [6, 6.07) is 12.3. The van der Waals surface area contributed by atoms with Crippen molar-refractivity contribution >= 4 is 58.4 Å². The second-order valence-electron chi connectivity index (χ2n) is 5.76. The minimum Gasteiger partial charge on any atom is -0.488 e. The van der Waals surface area contributed by atoms with Crippen LogP contribution in [0.5, 0.6) is 5.75 Å². The van der Waals surface area contributed by atoms with Gasteiger partial charge in [-0.1, -0.05) is 47.5 Å². The fourth-order valence-electron chi connectivity index (χ4n) is 2.42. The summed E-state index contributed by atoms with van der Waals surface area (Å²) in [6.07, 6.45) is 1.49. The van der Waals surface area contributed by atoms with Crippen LogP contribution in [-0.4, -0.2) is 28.9 Å². The number of nitrogens with one attached hydrogen (secondary N) is 1. The van der Waals surface area contributed by atoms with E-state index in [0.29, 0.717) is 21.4 Å². The second-order valence-corrected chi connectivity index (χ2v) is 6.96. The first-order valence-electron chi connectivity index (χ1n) is 7.87. The lowest BCUT2D eigenvalue weighted by Crippen LogP contribution is -2.52. The molecule has 0 atom stereocenters. The number of ether oxygens (including phenoxy) is 1. The van der Waals surface area contributed by atoms with Gasteiger partial charge in [0.1, 0.15) is 17.9 Å². The maximum atomic E-state index is 12.4. The molecule has 1 N–H and O–H groups in total. The third kappa shape index (κ3) is 4.30. The number of nitrogens with zero attached hydrogens (tertiary/aromatic N) is 1. The van der Waals surface area contributed by atoms with Crippen molar-refractivity contribution in [2.75, 3.05) is 7.05 Å². The maximum Gasteiger partial charge on any atom is 0.265 e. The quantitative estimate of drug-likeness (QED) is 0.463. The van der Waals surface area contributed by atoms with E-state index < -0.39 is 11.8 Å². The Bertz CT molecular complexity index is 975. The predicted octanol–water partition coefficient (Wildman–Crippen LogP) is 3.83. The van der Waals surface area contributed by atoms with Crippen LogP contribution < -0.4 is 10.1 Å². The number of likely N-dealkylation sites (N-methyl/N-ethyl adjacent to an activating group) is 1. The van der Waals surface area contributed by atoms with Gasteiger partial charge < -0.3 is 4.74 Å². The number of halogens is 2. The van der Waals surface area contributed by atoms with Crippen LogP contribution in [0.1, 0.15) is 11.1 Å². The third-order valence-electron chi connectivity index (χ3n) is 3.90. The summed E-state index contributed by atoms with van der Waals surface area (Å²) in [5, 5.41) is 3.46. The van der Waals surface area contributed by atoms with Gasteiger partial charge in [-0.2, -0.15) is 0 Å². The molecule has 5 nitrogen and oxygen atoms in total. The highest BCUT2D eigenvalue weighted by Gasteiger charge is 2.30. The van der Waals surface area contributed by atoms with E-state index in [1.165, 1.54) is 18.0 Å². The van der Waals surface area contributed by atoms with E-state index in [4.69, 9.17) is 40.2 Å². The second kappa shape index (κ2) is 8.08. The average Bonchev–Trinajstić information content (AvgIpc) is 2.65. The molecule has 1 fully saturated rings. The SMILES string of the molecule is CN1C(=O)/C(=C/c2ccccc2OCc2ccc(Cl)c(Cl)c2)C(=O)NC1=S. The minimum atomic E-state index is -0.539. The summed E-state index contributed by atoms with van der Waals surface area (Å²) in [5.74, 6) is -0.488. The Labute approximate surface area is 171 Å². The van der Waals surface area contributed by atoms with Gasteiger partial charge in [0.15, 0.2) is 5.11 Å². The molecule has 138 valence electrons. The zero-order valence-corrected chi connectivity index (χ0v) is 16.5. The van der Waals surface area contributed by atoms with E-state index in [1.807, 2.05) is 6.07 Å². The number of thiocarbonyl (C=S) groups is 1. The molecule has 0 saturated carbocycles. The Morgan fingerprint density at radius 2 is 1.89 bits per heavy atom. The number of hydrogen-bond acceptors (Lipinski definition) is 4. The highest BCUT2D eigenvalue weighted by Crippen LogP contribution is 2.26. The molecule has 1 aliphatic heterocycles. The summed E-state index contributed by atoms with van der Waals surface area (Å²) in [6.45, 7) is 0.251. The van der Waals surface area contributed by atoms with Crippen LogP contribution in [0.2, 0.25) is 10.0 Å². The van der Waals surface area contributed by atoms with Crippen LogP contribution in [-0.2, 0) is 16.2 Å². The van der Waals surface area contributed by atoms with Crippen molar-refractivity contribution in [3.63, 3.8) is 0 Å². The standard InChI is InChI=1S/C19H14Cl2N2O3S/c1-23-18(25)13(17(24)22-19(23)27)9-12-4-2-3-5-16(12)26-10-11-6-7-14(20)15(21)8-11/h2-9H,10H2,1H3,(H,22,24,27)/b13-9+. The molecule has 1 saturated heterocycles. The Hall–Kier alpha value is -2.41. The number of rotatable bonds is 4. The number of para-hydroxylation sites is 1. The molecular formula is C19H14Cl2N2O3S. The lowest BCUT2D eigenvalue weighted by Gasteiger charge is -2.25. The maximum absolute atomic E-state index is 12.4. The first-order chi connectivity index (χ1) is 12.9. The number of benzene rings is 2. The van der Waals surface area contributed by atoms with Gasteiger partial charge >= 0.3 is 0 Å². The highest BCUT2D eigenvalue weighted by molar-refractivity contribution is 7.80. The summed E-state index contributed by atoms with van der Waals surface area (Å²) in [5.41, 5.74) is 1.41. The van der Waals surface area contributed by atoms with E-state index in [9.17, 15) is 9.59 Å². The molecule has 2 amide bonds. The fraction of sp³-hybridized carbons (Fsp3) is 0.105. The van der Waals surface area contributed by atoms with Crippen LogP contribution in [0.15, 0.2) is 48.0 Å². The molecule has 0 spiro atoms. The van der Waals surface area contributed by atoms with Crippen LogP contribution in [0.4, 0.5) is 0 Å². The molecule has 1 aliphatic rings. The highest BCUT2D eigenvalue weighted by atomic mass is 35.5. The van der Waals surface area contributed by atoms with Crippen molar-refractivity contribution in [2.24, 2.45) is 0 Å². The normalized spacial score (nSPS) is 15.9. The van der Waals surface area contributed by atoms with Crippen LogP contribution in [0.25, 0.3) is 6.08 Å². The Balaban J connectivity index is 1.85. The number of carbonyl (C=O) groups is 2. The van der Waals surface area contributed by atoms with Crippen LogP contribution >= 0.6 is 35.4 Å². The molecule has 1 heterocycles. The first kappa shape index (κ1) is 19.4. The van der Waals surface area contributed by atoms with E-state index in [0.717, 1.165) is 5.56 Å². The molecule has 8 heteroatoms. The molecular weight excluding hydrogens is 407 g/mol.